The maximum absolute atomic E-state index is 5.01. The molecule has 0 amide bonds. The van der Waals surface area contributed by atoms with Crippen LogP contribution in [-0.4, -0.2) is 34.5 Å². The van der Waals surface area contributed by atoms with Gasteiger partial charge in [0.05, 0.1) is 0 Å². The molecule has 0 bridgehead atoms. The number of hydrogen-bond acceptors (Lipinski definition) is 3. The van der Waals surface area contributed by atoms with Crippen LogP contribution in [-0.2, 0) is 30.4 Å². The molecule has 0 atom stereocenters. The van der Waals surface area contributed by atoms with Gasteiger partial charge in [-0.05, 0) is 73.0 Å². The van der Waals surface area contributed by atoms with Crippen molar-refractivity contribution in [2.75, 3.05) is 34.5 Å². The first-order valence-electron chi connectivity index (χ1n) is 7.25. The molecular formula is C12H24Cl6S3Ta2. The molecule has 0 aliphatic carbocycles. The van der Waals surface area contributed by atoms with Crippen molar-refractivity contribution in [3.63, 3.8) is 0 Å². The van der Waals surface area contributed by atoms with E-state index in [1.807, 2.05) is 0 Å². The Bertz CT molecular complexity index is 149. The Morgan fingerprint density at radius 2 is 0.522 bits per heavy atom. The first-order chi connectivity index (χ1) is 11.0. The van der Waals surface area contributed by atoms with E-state index >= 15 is 0 Å². The number of rotatable bonds is 0. The van der Waals surface area contributed by atoms with Crippen molar-refractivity contribution in [1.82, 2.24) is 0 Å². The molecule has 0 nitrogen and oxygen atoms in total. The van der Waals surface area contributed by atoms with E-state index in [0.29, 0.717) is 0 Å². The van der Waals surface area contributed by atoms with E-state index in [1.165, 1.54) is 73.0 Å². The Morgan fingerprint density at radius 1 is 0.391 bits per heavy atom. The molecule has 0 spiro atoms. The predicted octanol–water partition coefficient (Wildman–Crippen LogP) is 8.67. The Labute approximate surface area is 191 Å². The monoisotopic (exact) mass is 836 g/mol. The van der Waals surface area contributed by atoms with Crippen LogP contribution in [0.2, 0.25) is 0 Å². The van der Waals surface area contributed by atoms with Gasteiger partial charge in [0.1, 0.15) is 0 Å². The molecule has 0 unspecified atom stereocenters. The van der Waals surface area contributed by atoms with E-state index in [0.717, 1.165) is 0 Å². The summed E-state index contributed by atoms with van der Waals surface area (Å²) in [5, 5.41) is 0. The first-order valence-corrected chi connectivity index (χ1v) is 34.6. The number of halogens is 6. The second kappa shape index (κ2) is 26.3. The quantitative estimate of drug-likeness (QED) is 0.240. The van der Waals surface area contributed by atoms with E-state index in [1.54, 1.807) is 0 Å². The fraction of sp³-hybridized carbons (Fsp3) is 1.00. The van der Waals surface area contributed by atoms with Crippen LogP contribution in [0.1, 0.15) is 38.5 Å². The third-order valence-corrected chi connectivity index (χ3v) is 5.95. The van der Waals surface area contributed by atoms with Gasteiger partial charge in [-0.15, -0.1) is 0 Å². The van der Waals surface area contributed by atoms with E-state index < -0.39 is 30.4 Å². The van der Waals surface area contributed by atoms with Crippen molar-refractivity contribution in [1.29, 1.82) is 0 Å². The van der Waals surface area contributed by atoms with Gasteiger partial charge in [-0.25, -0.2) is 0 Å². The summed E-state index contributed by atoms with van der Waals surface area (Å²) in [6, 6.07) is 0. The molecule has 3 fully saturated rings. The van der Waals surface area contributed by atoms with Gasteiger partial charge in [0.15, 0.2) is 0 Å². The van der Waals surface area contributed by atoms with E-state index in [2.05, 4.69) is 35.3 Å². The second-order valence-electron chi connectivity index (χ2n) is 4.34. The molecule has 3 aliphatic heterocycles. The summed E-state index contributed by atoms with van der Waals surface area (Å²) < 4.78 is 0. The summed E-state index contributed by atoms with van der Waals surface area (Å²) in [5.41, 5.74) is 0. The summed E-state index contributed by atoms with van der Waals surface area (Å²) >= 11 is 1.87. The minimum absolute atomic E-state index is 1.42. The summed E-state index contributed by atoms with van der Waals surface area (Å²) in [6.07, 6.45) is 8.78. The average Bonchev–Trinajstić information content (AvgIpc) is 3.25. The van der Waals surface area contributed by atoms with Crippen LogP contribution in [0.15, 0.2) is 0 Å². The van der Waals surface area contributed by atoms with Crippen LogP contribution in [0.4, 0.5) is 0 Å². The van der Waals surface area contributed by atoms with Crippen LogP contribution in [0.5, 0.6) is 0 Å². The van der Waals surface area contributed by atoms with Gasteiger partial charge in [-0.3, -0.25) is 0 Å². The number of hydrogen-bond donors (Lipinski definition) is 0. The molecule has 0 aromatic carbocycles. The SMILES string of the molecule is C1CCSC1.C1CCSC1.C1CCSC1.[Cl][Ta]([Cl])[Cl].[Cl][Ta]([Cl])[Cl]. The predicted molar refractivity (Wildman–Crippen MR) is 115 cm³/mol. The van der Waals surface area contributed by atoms with Crippen LogP contribution < -0.4 is 0 Å². The fourth-order valence-electron chi connectivity index (χ4n) is 1.53. The Hall–Kier alpha value is 4.27. The van der Waals surface area contributed by atoms with Crippen molar-refractivity contribution >= 4 is 90.4 Å². The summed E-state index contributed by atoms with van der Waals surface area (Å²) in [6.45, 7) is 0. The molecule has 0 saturated carbocycles. The minimum atomic E-state index is -2.18. The van der Waals surface area contributed by atoms with Gasteiger partial charge in [0.25, 0.3) is 0 Å². The second-order valence-corrected chi connectivity index (χ2v) is 35.9. The van der Waals surface area contributed by atoms with E-state index in [4.69, 9.17) is 55.1 Å². The standard InChI is InChI=1S/3C4H8S.6ClH.2Ta/c3*1-2-4-5-3-1;;;;;;;;/h3*1-4H2;6*1H;;/q;;;;;;;;;2*+3/p-6. The van der Waals surface area contributed by atoms with Gasteiger partial charge in [-0.2, -0.15) is 35.3 Å². The zero-order valence-corrected chi connectivity index (χ0v) is 26.3. The van der Waals surface area contributed by atoms with Gasteiger partial charge in [-0.1, -0.05) is 0 Å². The molecule has 0 radical (unpaired) electrons. The molecule has 0 N–H and O–H groups in total. The summed E-state index contributed by atoms with van der Waals surface area (Å²) in [5.74, 6) is 8.50. The van der Waals surface area contributed by atoms with Gasteiger partial charge < -0.3 is 0 Å². The Kier molecular flexibility index (Phi) is 33.7. The first kappa shape index (κ1) is 29.5. The normalized spacial score (nSPS) is 18.8. The van der Waals surface area contributed by atoms with Crippen LogP contribution >= 0.6 is 90.4 Å². The molecule has 3 rings (SSSR count). The third-order valence-electron chi connectivity index (χ3n) is 2.48. The molecule has 11 heteroatoms. The fourth-order valence-corrected chi connectivity index (χ4v) is 4.59. The molecule has 3 saturated heterocycles. The van der Waals surface area contributed by atoms with Crippen molar-refractivity contribution < 1.29 is 30.4 Å². The average molecular weight is 839 g/mol. The molecule has 3 aliphatic rings. The zero-order valence-electron chi connectivity index (χ0n) is 12.9. The summed E-state index contributed by atoms with van der Waals surface area (Å²) in [7, 11) is 30.1. The van der Waals surface area contributed by atoms with Gasteiger partial charge in [0, 0.05) is 0 Å². The topological polar surface area (TPSA) is 0 Å². The van der Waals surface area contributed by atoms with Crippen LogP contribution in [0.3, 0.4) is 0 Å². The molecule has 23 heavy (non-hydrogen) atoms. The zero-order chi connectivity index (χ0) is 17.8. The molecule has 0 aromatic rings. The van der Waals surface area contributed by atoms with E-state index in [-0.39, 0.29) is 0 Å². The maximum atomic E-state index is 5.01. The molecule has 0 aromatic heterocycles. The van der Waals surface area contributed by atoms with Gasteiger partial charge >= 0.3 is 85.5 Å². The van der Waals surface area contributed by atoms with Crippen molar-refractivity contribution in [3.05, 3.63) is 0 Å². The molecular weight excluding hydrogens is 815 g/mol. The van der Waals surface area contributed by atoms with Crippen molar-refractivity contribution in [2.24, 2.45) is 0 Å². The summed E-state index contributed by atoms with van der Waals surface area (Å²) in [4.78, 5) is 0. The molecule has 142 valence electrons. The Balaban J connectivity index is 0. The van der Waals surface area contributed by atoms with Crippen molar-refractivity contribution in [3.8, 4) is 0 Å². The third kappa shape index (κ3) is 41.7. The number of thioether (sulfide) groups is 3. The van der Waals surface area contributed by atoms with Crippen LogP contribution in [0.25, 0.3) is 0 Å². The van der Waals surface area contributed by atoms with Crippen molar-refractivity contribution in [2.45, 2.75) is 38.5 Å². The van der Waals surface area contributed by atoms with Crippen LogP contribution in [0, 0.1) is 0 Å². The Morgan fingerprint density at radius 3 is 0.565 bits per heavy atom. The molecule has 3 heterocycles. The van der Waals surface area contributed by atoms with Gasteiger partial charge in [0.2, 0.25) is 0 Å². The van der Waals surface area contributed by atoms with E-state index in [9.17, 15) is 0 Å².